The van der Waals surface area contributed by atoms with E-state index in [9.17, 15) is 18.0 Å². The highest BCUT2D eigenvalue weighted by Crippen LogP contribution is 2.26. The smallest absolute Gasteiger partial charge is 0.302 e. The molecule has 0 saturated carbocycles. The molecule has 1 unspecified atom stereocenters. The van der Waals surface area contributed by atoms with Gasteiger partial charge in [-0.25, -0.2) is 17.9 Å². The Morgan fingerprint density at radius 3 is 2.33 bits per heavy atom. The van der Waals surface area contributed by atoms with E-state index in [1.165, 1.54) is 20.2 Å². The van der Waals surface area contributed by atoms with Gasteiger partial charge in [-0.1, -0.05) is 29.3 Å². The van der Waals surface area contributed by atoms with E-state index in [4.69, 9.17) is 23.2 Å². The number of benzene rings is 1. The summed E-state index contributed by atoms with van der Waals surface area (Å²) in [5, 5.41) is 0.639. The number of hydrogen-bond donors (Lipinski definition) is 1. The van der Waals surface area contributed by atoms with Crippen LogP contribution in [0.15, 0.2) is 38.9 Å². The standard InChI is InChI=1S/C14H15Cl2N3O4S/c1-8(9-4-5-10(15)11(16)6-9)17-24(22,23)12-7-18(2)14(21)19(3)13(12)20/h4-8,17H,1-3H3. The average molecular weight is 392 g/mol. The summed E-state index contributed by atoms with van der Waals surface area (Å²) in [5.41, 5.74) is -0.932. The summed E-state index contributed by atoms with van der Waals surface area (Å²) in [4.78, 5) is 23.2. The molecule has 130 valence electrons. The van der Waals surface area contributed by atoms with Crippen molar-refractivity contribution in [1.82, 2.24) is 13.9 Å². The normalized spacial score (nSPS) is 13.0. The van der Waals surface area contributed by atoms with E-state index >= 15 is 0 Å². The molecule has 0 amide bonds. The molecular weight excluding hydrogens is 377 g/mol. The summed E-state index contributed by atoms with van der Waals surface area (Å²) in [5.74, 6) is 0. The third-order valence-electron chi connectivity index (χ3n) is 3.48. The topological polar surface area (TPSA) is 90.2 Å². The number of aromatic nitrogens is 2. The Labute approximate surface area is 148 Å². The molecule has 2 aromatic rings. The summed E-state index contributed by atoms with van der Waals surface area (Å²) in [6, 6.07) is 4.05. The van der Waals surface area contributed by atoms with Gasteiger partial charge in [-0.15, -0.1) is 0 Å². The zero-order valence-corrected chi connectivity index (χ0v) is 15.4. The van der Waals surface area contributed by atoms with E-state index in [-0.39, 0.29) is 0 Å². The lowest BCUT2D eigenvalue weighted by Crippen LogP contribution is -2.41. The Morgan fingerprint density at radius 2 is 1.75 bits per heavy atom. The van der Waals surface area contributed by atoms with Crippen molar-refractivity contribution < 1.29 is 8.42 Å². The number of nitrogens with zero attached hydrogens (tertiary/aromatic N) is 2. The molecule has 1 atom stereocenters. The minimum absolute atomic E-state index is 0.290. The quantitative estimate of drug-likeness (QED) is 0.853. The summed E-state index contributed by atoms with van der Waals surface area (Å²) in [7, 11) is -1.56. The van der Waals surface area contributed by atoms with Crippen molar-refractivity contribution in [2.24, 2.45) is 14.1 Å². The molecule has 0 bridgehead atoms. The van der Waals surface area contributed by atoms with Crippen LogP contribution in [0.2, 0.25) is 10.0 Å². The van der Waals surface area contributed by atoms with Gasteiger partial charge in [-0.3, -0.25) is 9.36 Å². The predicted molar refractivity (Wildman–Crippen MR) is 92.1 cm³/mol. The number of sulfonamides is 1. The summed E-state index contributed by atoms with van der Waals surface area (Å²) < 4.78 is 29.2. The van der Waals surface area contributed by atoms with Gasteiger partial charge in [0.1, 0.15) is 0 Å². The Morgan fingerprint density at radius 1 is 1.12 bits per heavy atom. The van der Waals surface area contributed by atoms with Gasteiger partial charge in [-0.2, -0.15) is 0 Å². The van der Waals surface area contributed by atoms with Gasteiger partial charge in [0, 0.05) is 26.3 Å². The Hall–Kier alpha value is -1.61. The highest BCUT2D eigenvalue weighted by atomic mass is 35.5. The fourth-order valence-corrected chi connectivity index (χ4v) is 3.80. The van der Waals surface area contributed by atoms with Crippen LogP contribution in [0.25, 0.3) is 0 Å². The second kappa shape index (κ2) is 6.72. The molecule has 7 nitrogen and oxygen atoms in total. The lowest BCUT2D eigenvalue weighted by atomic mass is 10.1. The molecule has 0 aliphatic carbocycles. The molecule has 0 aliphatic heterocycles. The van der Waals surface area contributed by atoms with Gasteiger partial charge < -0.3 is 4.57 Å². The lowest BCUT2D eigenvalue weighted by molar-refractivity contribution is 0.557. The molecule has 0 spiro atoms. The van der Waals surface area contributed by atoms with Crippen LogP contribution < -0.4 is 16.0 Å². The molecule has 0 radical (unpaired) electrons. The van der Waals surface area contributed by atoms with Gasteiger partial charge in [-0.05, 0) is 24.6 Å². The molecule has 0 saturated heterocycles. The van der Waals surface area contributed by atoms with Gasteiger partial charge >= 0.3 is 5.69 Å². The number of halogens is 2. The fourth-order valence-electron chi connectivity index (χ4n) is 2.11. The van der Waals surface area contributed by atoms with E-state index in [1.807, 2.05) is 0 Å². The van der Waals surface area contributed by atoms with E-state index in [2.05, 4.69) is 4.72 Å². The highest BCUT2D eigenvalue weighted by Gasteiger charge is 2.24. The van der Waals surface area contributed by atoms with Crippen molar-refractivity contribution in [1.29, 1.82) is 0 Å². The maximum atomic E-state index is 12.5. The van der Waals surface area contributed by atoms with Crippen LogP contribution in [0.4, 0.5) is 0 Å². The van der Waals surface area contributed by atoms with Crippen LogP contribution in [-0.2, 0) is 24.1 Å². The third kappa shape index (κ3) is 3.56. The SMILES string of the molecule is CC(NS(=O)(=O)c1cn(C)c(=O)n(C)c1=O)c1ccc(Cl)c(Cl)c1. The number of nitrogens with one attached hydrogen (secondary N) is 1. The van der Waals surface area contributed by atoms with Crippen molar-refractivity contribution >= 4 is 33.2 Å². The highest BCUT2D eigenvalue weighted by molar-refractivity contribution is 7.89. The minimum Gasteiger partial charge on any atom is -0.302 e. The fraction of sp³-hybridized carbons (Fsp3) is 0.286. The van der Waals surface area contributed by atoms with Gasteiger partial charge in [0.25, 0.3) is 5.56 Å². The predicted octanol–water partition coefficient (Wildman–Crippen LogP) is 1.43. The first-order valence-corrected chi connectivity index (χ1v) is 9.02. The summed E-state index contributed by atoms with van der Waals surface area (Å²) >= 11 is 11.8. The molecular formula is C14H15Cl2N3O4S. The van der Waals surface area contributed by atoms with Crippen molar-refractivity contribution in [3.63, 3.8) is 0 Å². The van der Waals surface area contributed by atoms with E-state index < -0.39 is 32.2 Å². The van der Waals surface area contributed by atoms with Crippen LogP contribution in [-0.4, -0.2) is 17.6 Å². The molecule has 24 heavy (non-hydrogen) atoms. The second-order valence-corrected chi connectivity index (χ2v) is 7.76. The zero-order valence-electron chi connectivity index (χ0n) is 13.1. The van der Waals surface area contributed by atoms with Crippen LogP contribution in [0.1, 0.15) is 18.5 Å². The Kier molecular flexibility index (Phi) is 5.24. The van der Waals surface area contributed by atoms with Gasteiger partial charge in [0.2, 0.25) is 10.0 Å². The number of aryl methyl sites for hydroxylation is 1. The molecule has 0 aliphatic rings. The van der Waals surface area contributed by atoms with Crippen LogP contribution in [0.3, 0.4) is 0 Å². The van der Waals surface area contributed by atoms with Crippen molar-refractivity contribution in [3.05, 3.63) is 60.8 Å². The first kappa shape index (κ1) is 18.7. The molecule has 2 rings (SSSR count). The minimum atomic E-state index is -4.14. The summed E-state index contributed by atoms with van der Waals surface area (Å²) in [6.45, 7) is 1.60. The lowest BCUT2D eigenvalue weighted by Gasteiger charge is -2.15. The van der Waals surface area contributed by atoms with Crippen LogP contribution in [0.5, 0.6) is 0 Å². The van der Waals surface area contributed by atoms with E-state index in [0.717, 1.165) is 15.3 Å². The van der Waals surface area contributed by atoms with Crippen molar-refractivity contribution in [3.8, 4) is 0 Å². The first-order valence-electron chi connectivity index (χ1n) is 6.78. The molecule has 10 heteroatoms. The molecule has 0 fully saturated rings. The Bertz CT molecular complexity index is 1010. The number of rotatable bonds is 4. The van der Waals surface area contributed by atoms with Crippen LogP contribution in [0, 0.1) is 0 Å². The van der Waals surface area contributed by atoms with Crippen molar-refractivity contribution in [2.45, 2.75) is 17.9 Å². The summed E-state index contributed by atoms with van der Waals surface area (Å²) in [6.07, 6.45) is 0.995. The molecule has 1 aromatic heterocycles. The van der Waals surface area contributed by atoms with Crippen molar-refractivity contribution in [2.75, 3.05) is 0 Å². The number of hydrogen-bond acceptors (Lipinski definition) is 4. The van der Waals surface area contributed by atoms with Crippen LogP contribution >= 0.6 is 23.2 Å². The van der Waals surface area contributed by atoms with E-state index in [0.29, 0.717) is 15.6 Å². The second-order valence-electron chi connectivity index (χ2n) is 5.27. The van der Waals surface area contributed by atoms with Gasteiger partial charge in [0.15, 0.2) is 4.90 Å². The molecule has 1 N–H and O–H groups in total. The third-order valence-corrected chi connectivity index (χ3v) is 5.74. The largest absolute Gasteiger partial charge is 0.330 e. The van der Waals surface area contributed by atoms with Gasteiger partial charge in [0.05, 0.1) is 10.0 Å². The monoisotopic (exact) mass is 391 g/mol. The first-order chi connectivity index (χ1) is 11.0. The average Bonchev–Trinajstić information content (AvgIpc) is 2.50. The zero-order chi connectivity index (χ0) is 18.2. The molecule has 1 aromatic carbocycles. The maximum Gasteiger partial charge on any atom is 0.330 e. The van der Waals surface area contributed by atoms with E-state index in [1.54, 1.807) is 19.1 Å². The maximum absolute atomic E-state index is 12.5. The molecule has 1 heterocycles. The Balaban J connectivity index is 2.43.